The minimum absolute atomic E-state index is 0.122. The maximum Gasteiger partial charge on any atom is 0.302 e. The minimum Gasteiger partial charge on any atom is -0.465 e. The van der Waals surface area contributed by atoms with Gasteiger partial charge in [-0.05, 0) is 31.2 Å². The summed E-state index contributed by atoms with van der Waals surface area (Å²) in [6, 6.07) is 24.9. The Kier molecular flexibility index (Phi) is 7.80. The number of sulfone groups is 1. The molecule has 0 radical (unpaired) electrons. The van der Waals surface area contributed by atoms with Crippen LogP contribution in [0.1, 0.15) is 24.3 Å². The second kappa shape index (κ2) is 11.2. The third-order valence-corrected chi connectivity index (χ3v) is 8.95. The van der Waals surface area contributed by atoms with E-state index in [0.717, 1.165) is 11.1 Å². The average molecular weight is 539 g/mol. The van der Waals surface area contributed by atoms with Gasteiger partial charge >= 0.3 is 5.97 Å². The number of aryl methyl sites for hydroxylation is 1. The van der Waals surface area contributed by atoms with E-state index in [4.69, 9.17) is 23.7 Å². The molecule has 2 saturated heterocycles. The lowest BCUT2D eigenvalue weighted by molar-refractivity contribution is -0.320. The van der Waals surface area contributed by atoms with E-state index < -0.39 is 51.8 Å². The summed E-state index contributed by atoms with van der Waals surface area (Å²) in [4.78, 5) is 12.0. The van der Waals surface area contributed by atoms with E-state index in [1.165, 1.54) is 6.92 Å². The molecule has 0 amide bonds. The number of rotatable bonds is 7. The number of hydrogen-bond acceptors (Lipinski definition) is 8. The molecule has 0 bridgehead atoms. The van der Waals surface area contributed by atoms with Crippen LogP contribution in [-0.4, -0.2) is 51.3 Å². The molecule has 2 aliphatic heterocycles. The number of ether oxygens (including phenoxy) is 5. The molecule has 0 aromatic heterocycles. The van der Waals surface area contributed by atoms with Crippen LogP contribution in [0.4, 0.5) is 0 Å². The van der Waals surface area contributed by atoms with Crippen molar-refractivity contribution in [3.8, 4) is 5.75 Å². The predicted octanol–water partition coefficient (Wildman–Crippen LogP) is 4.23. The van der Waals surface area contributed by atoms with E-state index in [0.29, 0.717) is 5.75 Å². The standard InChI is InChI=1S/C29H30O8S/c1-19-13-15-23(16-14-19)38(31,32)27-24(17-33-20(2)30)26-25(36-29(27)35-22-11-7-4-8-12-22)18-34-28(37-26)21-9-5-3-6-10-21/h3-16,24-29H,17-18H2,1-2H3/t24-,25+,26-,27+,28?,29+/m0/s1. The maximum absolute atomic E-state index is 14.2. The molecule has 0 N–H and O–H groups in total. The number of carbonyl (C=O) groups excluding carboxylic acids is 1. The van der Waals surface area contributed by atoms with E-state index in [1.54, 1.807) is 48.5 Å². The number of fused-ring (bicyclic) bond motifs is 1. The molecule has 38 heavy (non-hydrogen) atoms. The number of carbonyl (C=O) groups is 1. The molecule has 2 heterocycles. The van der Waals surface area contributed by atoms with Crippen LogP contribution >= 0.6 is 0 Å². The van der Waals surface area contributed by atoms with Crippen LogP contribution in [-0.2, 0) is 33.6 Å². The van der Waals surface area contributed by atoms with Gasteiger partial charge < -0.3 is 23.7 Å². The zero-order chi connectivity index (χ0) is 26.7. The summed E-state index contributed by atoms with van der Waals surface area (Å²) in [6.45, 7) is 3.13. The van der Waals surface area contributed by atoms with E-state index in [9.17, 15) is 13.2 Å². The fourth-order valence-electron chi connectivity index (χ4n) is 4.86. The Morgan fingerprint density at radius 3 is 2.24 bits per heavy atom. The largest absolute Gasteiger partial charge is 0.465 e. The molecule has 0 saturated carbocycles. The molecule has 3 aromatic carbocycles. The Morgan fingerprint density at radius 2 is 1.58 bits per heavy atom. The Hall–Kier alpha value is -3.24. The van der Waals surface area contributed by atoms with Gasteiger partial charge in [-0.15, -0.1) is 0 Å². The lowest BCUT2D eigenvalue weighted by Gasteiger charge is -2.48. The molecule has 8 nitrogen and oxygen atoms in total. The van der Waals surface area contributed by atoms with Crippen LogP contribution in [0.3, 0.4) is 0 Å². The van der Waals surface area contributed by atoms with Crippen LogP contribution in [0.2, 0.25) is 0 Å². The van der Waals surface area contributed by atoms with Crippen molar-refractivity contribution in [1.82, 2.24) is 0 Å². The lowest BCUT2D eigenvalue weighted by Crippen LogP contribution is -2.63. The monoisotopic (exact) mass is 538 g/mol. The summed E-state index contributed by atoms with van der Waals surface area (Å²) in [6.07, 6.45) is -3.32. The molecule has 200 valence electrons. The normalized spacial score (nSPS) is 27.2. The molecule has 5 rings (SSSR count). The van der Waals surface area contributed by atoms with Gasteiger partial charge in [-0.2, -0.15) is 0 Å². The zero-order valence-corrected chi connectivity index (χ0v) is 22.0. The van der Waals surface area contributed by atoms with E-state index in [1.807, 2.05) is 43.3 Å². The minimum atomic E-state index is -4.04. The van der Waals surface area contributed by atoms with Crippen molar-refractivity contribution in [2.45, 2.75) is 48.8 Å². The van der Waals surface area contributed by atoms with Gasteiger partial charge in [-0.3, -0.25) is 4.79 Å². The van der Waals surface area contributed by atoms with E-state index in [-0.39, 0.29) is 18.1 Å². The average Bonchev–Trinajstić information content (AvgIpc) is 2.92. The van der Waals surface area contributed by atoms with Crippen LogP contribution in [0.5, 0.6) is 5.75 Å². The topological polar surface area (TPSA) is 97.4 Å². The highest BCUT2D eigenvalue weighted by Gasteiger charge is 2.56. The van der Waals surface area contributed by atoms with Crippen molar-refractivity contribution < 1.29 is 36.9 Å². The first-order valence-corrected chi connectivity index (χ1v) is 14.0. The number of hydrogen-bond donors (Lipinski definition) is 0. The first kappa shape index (κ1) is 26.4. The van der Waals surface area contributed by atoms with Crippen molar-refractivity contribution in [1.29, 1.82) is 0 Å². The van der Waals surface area contributed by atoms with Crippen molar-refractivity contribution in [2.24, 2.45) is 5.92 Å². The van der Waals surface area contributed by atoms with Crippen molar-refractivity contribution >= 4 is 15.8 Å². The van der Waals surface area contributed by atoms with Crippen molar-refractivity contribution in [2.75, 3.05) is 13.2 Å². The van der Waals surface area contributed by atoms with Crippen LogP contribution in [0.25, 0.3) is 0 Å². The first-order chi connectivity index (χ1) is 18.3. The Labute approximate surface area is 222 Å². The molecule has 0 spiro atoms. The molecule has 3 aromatic rings. The fraction of sp³-hybridized carbons (Fsp3) is 0.345. The van der Waals surface area contributed by atoms with Gasteiger partial charge in [0.15, 0.2) is 16.1 Å². The van der Waals surface area contributed by atoms with Gasteiger partial charge in [-0.1, -0.05) is 66.2 Å². The summed E-state index contributed by atoms with van der Waals surface area (Å²) in [5.41, 5.74) is 1.72. The molecule has 2 aliphatic rings. The summed E-state index contributed by atoms with van der Waals surface area (Å²) in [5.74, 6) is -0.870. The highest BCUT2D eigenvalue weighted by molar-refractivity contribution is 7.92. The number of para-hydroxylation sites is 1. The molecular formula is C29H30O8S. The predicted molar refractivity (Wildman–Crippen MR) is 138 cm³/mol. The second-order valence-electron chi connectivity index (χ2n) is 9.44. The number of esters is 1. The third kappa shape index (κ3) is 5.61. The highest BCUT2D eigenvalue weighted by Crippen LogP contribution is 2.41. The summed E-state index contributed by atoms with van der Waals surface area (Å²) < 4.78 is 58.5. The molecule has 0 aliphatic carbocycles. The van der Waals surface area contributed by atoms with Gasteiger partial charge in [0.1, 0.15) is 17.1 Å². The van der Waals surface area contributed by atoms with Crippen molar-refractivity contribution in [3.63, 3.8) is 0 Å². The molecule has 6 atom stereocenters. The van der Waals surface area contributed by atoms with Gasteiger partial charge in [0.05, 0.1) is 24.2 Å². The Bertz CT molecular complexity index is 1330. The van der Waals surface area contributed by atoms with E-state index in [2.05, 4.69) is 0 Å². The molecule has 2 fully saturated rings. The summed E-state index contributed by atoms with van der Waals surface area (Å²) >= 11 is 0. The van der Waals surface area contributed by atoms with Crippen LogP contribution < -0.4 is 4.74 Å². The Balaban J connectivity index is 1.56. The molecule has 1 unspecified atom stereocenters. The second-order valence-corrected chi connectivity index (χ2v) is 11.5. The quantitative estimate of drug-likeness (QED) is 0.412. The van der Waals surface area contributed by atoms with Crippen LogP contribution in [0.15, 0.2) is 89.8 Å². The molecule has 9 heteroatoms. The van der Waals surface area contributed by atoms with Gasteiger partial charge in [0.25, 0.3) is 0 Å². The zero-order valence-electron chi connectivity index (χ0n) is 21.1. The first-order valence-electron chi connectivity index (χ1n) is 12.5. The van der Waals surface area contributed by atoms with Crippen molar-refractivity contribution in [3.05, 3.63) is 96.1 Å². The van der Waals surface area contributed by atoms with Gasteiger partial charge in [0.2, 0.25) is 6.29 Å². The molecular weight excluding hydrogens is 508 g/mol. The van der Waals surface area contributed by atoms with Gasteiger partial charge in [-0.25, -0.2) is 8.42 Å². The van der Waals surface area contributed by atoms with Crippen LogP contribution in [0, 0.1) is 12.8 Å². The number of benzene rings is 3. The Morgan fingerprint density at radius 1 is 0.921 bits per heavy atom. The summed E-state index contributed by atoms with van der Waals surface area (Å²) in [5, 5.41) is -1.24. The summed E-state index contributed by atoms with van der Waals surface area (Å²) in [7, 11) is -4.04. The maximum atomic E-state index is 14.2. The third-order valence-electron chi connectivity index (χ3n) is 6.73. The highest BCUT2D eigenvalue weighted by atomic mass is 32.2. The smallest absolute Gasteiger partial charge is 0.302 e. The van der Waals surface area contributed by atoms with E-state index >= 15 is 0 Å². The van der Waals surface area contributed by atoms with Gasteiger partial charge in [0, 0.05) is 18.4 Å². The lowest BCUT2D eigenvalue weighted by atomic mass is 9.90. The fourth-order valence-corrected chi connectivity index (χ4v) is 6.79. The SMILES string of the molecule is CC(=O)OC[C@H]1[C@@H]2OC(c3ccccc3)OC[C@H]2O[C@@H](Oc2ccccc2)[C@@H]1S(=O)(=O)c1ccc(C)cc1.